The number of Topliss-reactive ketones (excluding diaryl/α,β-unsaturated/α-hetero) is 2. The number of ketones is 2. The van der Waals surface area contributed by atoms with Crippen molar-refractivity contribution in [3.05, 3.63) is 0 Å². The van der Waals surface area contributed by atoms with Crippen molar-refractivity contribution in [2.24, 2.45) is 0 Å². The van der Waals surface area contributed by atoms with Gasteiger partial charge in [0, 0.05) is 24.3 Å². The number of hydrogen-bond donors (Lipinski definition) is 0. The fraction of sp³-hybridized carbons (Fsp3) is 0.800. The molecule has 0 saturated heterocycles. The Hall–Kier alpha value is -0.000260. The maximum atomic E-state index is 11.5. The Balaban J connectivity index is -0.000000411. The van der Waals surface area contributed by atoms with E-state index in [0.717, 1.165) is 0 Å². The van der Waals surface area contributed by atoms with Crippen molar-refractivity contribution in [3.8, 4) is 0 Å². The minimum Gasteiger partial charge on any atom is -0.748 e. The van der Waals surface area contributed by atoms with Gasteiger partial charge in [-0.3, -0.25) is 9.59 Å². The Bertz CT molecular complexity index is 623. The minimum absolute atomic E-state index is 0. The van der Waals surface area contributed by atoms with Crippen molar-refractivity contribution in [3.63, 3.8) is 0 Å². The number of alkyl halides is 6. The van der Waals surface area contributed by atoms with Crippen molar-refractivity contribution < 1.29 is 61.9 Å². The molecule has 0 bridgehead atoms. The molecule has 0 aliphatic heterocycles. The van der Waals surface area contributed by atoms with E-state index in [9.17, 15) is 61.9 Å². The standard InChI is InChI=1S/2C5H7F3O4S.Ca/c2*6-5(7,8)4(9)2-1-3-13(10,11)12;/h2*1-3H2,(H,10,11,12);/q;;+2/p-2. The summed E-state index contributed by atoms with van der Waals surface area (Å²) in [6, 6.07) is 0. The molecule has 0 rings (SSSR count). The Morgan fingerprint density at radius 2 is 0.889 bits per heavy atom. The van der Waals surface area contributed by atoms with Gasteiger partial charge in [-0.2, -0.15) is 26.3 Å². The third-order valence-corrected chi connectivity index (χ3v) is 3.81. The van der Waals surface area contributed by atoms with Crippen LogP contribution in [0.1, 0.15) is 25.7 Å². The van der Waals surface area contributed by atoms with E-state index in [4.69, 9.17) is 0 Å². The molecule has 17 heteroatoms. The summed E-state index contributed by atoms with van der Waals surface area (Å²) >= 11 is 0. The summed E-state index contributed by atoms with van der Waals surface area (Å²) in [6.45, 7) is 0. The molecular formula is C10H12CaF6O8S2. The third kappa shape index (κ3) is 22.2. The zero-order chi connectivity index (χ0) is 21.4. The predicted octanol–water partition coefficient (Wildman–Crippen LogP) is 0.506. The van der Waals surface area contributed by atoms with E-state index in [2.05, 4.69) is 0 Å². The maximum Gasteiger partial charge on any atom is 2.00 e. The van der Waals surface area contributed by atoms with Crippen LogP contribution in [0.25, 0.3) is 0 Å². The van der Waals surface area contributed by atoms with Gasteiger partial charge in [-0.15, -0.1) is 0 Å². The van der Waals surface area contributed by atoms with E-state index in [0.29, 0.717) is 0 Å². The fourth-order valence-corrected chi connectivity index (χ4v) is 2.10. The van der Waals surface area contributed by atoms with E-state index in [1.165, 1.54) is 0 Å². The Morgan fingerprint density at radius 1 is 0.667 bits per heavy atom. The molecule has 0 atom stereocenters. The van der Waals surface area contributed by atoms with Gasteiger partial charge in [0.25, 0.3) is 0 Å². The molecule has 0 fully saturated rings. The summed E-state index contributed by atoms with van der Waals surface area (Å²) in [5.41, 5.74) is 0. The normalized spacial score (nSPS) is 12.4. The second-order valence-corrected chi connectivity index (χ2v) is 7.62. The van der Waals surface area contributed by atoms with Crippen molar-refractivity contribution in [2.45, 2.75) is 38.0 Å². The molecule has 27 heavy (non-hydrogen) atoms. The van der Waals surface area contributed by atoms with Gasteiger partial charge in [0.1, 0.15) is 0 Å². The zero-order valence-electron chi connectivity index (χ0n) is 13.3. The van der Waals surface area contributed by atoms with Gasteiger partial charge in [-0.1, -0.05) is 0 Å². The first-order valence-electron chi connectivity index (χ1n) is 6.33. The Kier molecular flexibility index (Phi) is 14.7. The molecular weight excluding hydrogens is 466 g/mol. The van der Waals surface area contributed by atoms with Gasteiger partial charge < -0.3 is 9.11 Å². The largest absolute Gasteiger partial charge is 2.00 e. The van der Waals surface area contributed by atoms with Gasteiger partial charge in [-0.25, -0.2) is 16.8 Å². The van der Waals surface area contributed by atoms with Gasteiger partial charge in [0.05, 0.1) is 20.2 Å². The number of hydrogen-bond acceptors (Lipinski definition) is 8. The van der Waals surface area contributed by atoms with Crippen molar-refractivity contribution >= 4 is 69.5 Å². The molecule has 8 nitrogen and oxygen atoms in total. The molecule has 0 unspecified atom stereocenters. The van der Waals surface area contributed by atoms with Crippen LogP contribution in [0.5, 0.6) is 0 Å². The van der Waals surface area contributed by atoms with Crippen molar-refractivity contribution in [2.75, 3.05) is 11.5 Å². The molecule has 0 aromatic heterocycles. The first-order valence-corrected chi connectivity index (χ1v) is 9.48. The summed E-state index contributed by atoms with van der Waals surface area (Å²) in [4.78, 5) is 20.3. The molecule has 0 amide bonds. The molecule has 0 aromatic rings. The summed E-state index contributed by atoms with van der Waals surface area (Å²) in [6.07, 6.45) is -13.0. The summed E-state index contributed by atoms with van der Waals surface area (Å²) in [5, 5.41) is 0. The van der Waals surface area contributed by atoms with Crippen LogP contribution < -0.4 is 0 Å². The van der Waals surface area contributed by atoms with Gasteiger partial charge in [-0.05, 0) is 12.8 Å². The Labute approximate surface area is 180 Å². The van der Waals surface area contributed by atoms with Gasteiger partial charge in [0.15, 0.2) is 0 Å². The van der Waals surface area contributed by atoms with Crippen molar-refractivity contribution in [1.29, 1.82) is 0 Å². The first kappa shape index (κ1) is 31.7. The molecule has 0 spiro atoms. The number of rotatable bonds is 8. The smallest absolute Gasteiger partial charge is 0.748 e. The van der Waals surface area contributed by atoms with Crippen LogP contribution in [-0.2, 0) is 29.8 Å². The van der Waals surface area contributed by atoms with Crippen LogP contribution in [0, 0.1) is 0 Å². The molecule has 0 aliphatic carbocycles. The van der Waals surface area contributed by atoms with Crippen molar-refractivity contribution in [1.82, 2.24) is 0 Å². The fourth-order valence-electron chi connectivity index (χ4n) is 1.10. The molecule has 0 heterocycles. The molecule has 156 valence electrons. The van der Waals surface area contributed by atoms with E-state index in [1.54, 1.807) is 0 Å². The van der Waals surface area contributed by atoms with Crippen LogP contribution >= 0.6 is 0 Å². The second-order valence-electron chi connectivity index (χ2n) is 4.57. The van der Waals surface area contributed by atoms with Crippen LogP contribution in [0.15, 0.2) is 0 Å². The summed E-state index contributed by atoms with van der Waals surface area (Å²) in [7, 11) is -9.07. The van der Waals surface area contributed by atoms with Gasteiger partial charge in [0.2, 0.25) is 11.6 Å². The van der Waals surface area contributed by atoms with Crippen LogP contribution in [0.3, 0.4) is 0 Å². The first-order chi connectivity index (χ1) is 11.3. The molecule has 0 aliphatic rings. The van der Waals surface area contributed by atoms with Crippen LogP contribution in [-0.4, -0.2) is 99.1 Å². The van der Waals surface area contributed by atoms with Crippen LogP contribution in [0.2, 0.25) is 0 Å². The molecule has 0 aromatic carbocycles. The van der Waals surface area contributed by atoms with Crippen LogP contribution in [0.4, 0.5) is 26.3 Å². The van der Waals surface area contributed by atoms with E-state index in [1.807, 2.05) is 0 Å². The monoisotopic (exact) mass is 478 g/mol. The number of carbonyl (C=O) groups is 2. The van der Waals surface area contributed by atoms with E-state index in [-0.39, 0.29) is 37.7 Å². The summed E-state index contributed by atoms with van der Waals surface area (Å²) < 4.78 is 128. The third-order valence-electron chi connectivity index (χ3n) is 2.23. The SMILES string of the molecule is O=C(CCCS(=O)(=O)[O-])C(F)(F)F.O=C(CCCS(=O)(=O)[O-])C(F)(F)F.[Ca+2]. The second kappa shape index (κ2) is 12.5. The molecule has 0 N–H and O–H groups in total. The average molecular weight is 478 g/mol. The summed E-state index contributed by atoms with van der Waals surface area (Å²) in [5.74, 6) is -5.93. The quantitative estimate of drug-likeness (QED) is 0.278. The Morgan fingerprint density at radius 3 is 1.04 bits per heavy atom. The predicted molar refractivity (Wildman–Crippen MR) is 75.5 cm³/mol. The maximum absolute atomic E-state index is 11.5. The molecule has 0 radical (unpaired) electrons. The average Bonchev–Trinajstić information content (AvgIpc) is 2.33. The van der Waals surface area contributed by atoms with E-state index < -0.39 is 81.3 Å². The number of carbonyl (C=O) groups excluding carboxylic acids is 2. The minimum atomic E-state index is -4.95. The molecule has 0 saturated carbocycles. The number of halogens is 6. The van der Waals surface area contributed by atoms with Gasteiger partial charge >= 0.3 is 50.1 Å². The topological polar surface area (TPSA) is 149 Å². The van der Waals surface area contributed by atoms with E-state index >= 15 is 0 Å². The zero-order valence-corrected chi connectivity index (χ0v) is 17.1.